The van der Waals surface area contributed by atoms with Gasteiger partial charge in [-0.25, -0.2) is 4.79 Å². The van der Waals surface area contributed by atoms with Crippen molar-refractivity contribution in [2.45, 2.75) is 48.3 Å². The lowest BCUT2D eigenvalue weighted by molar-refractivity contribution is -0.412. The zero-order valence-corrected chi connectivity index (χ0v) is 26.9. The van der Waals surface area contributed by atoms with Crippen molar-refractivity contribution in [3.8, 4) is 0 Å². The minimum Gasteiger partial charge on any atom is -0.481 e. The summed E-state index contributed by atoms with van der Waals surface area (Å²) in [5.41, 5.74) is 3.23. The molecular weight excluding hydrogens is 642 g/mol. The van der Waals surface area contributed by atoms with E-state index in [-0.39, 0.29) is 38.9 Å². The molecule has 0 bridgehead atoms. The molecule has 3 rings (SSSR count). The number of piperidine rings is 1. The molecule has 0 radical (unpaired) electrons. The number of β-amino-alcohol motifs (C(OH)–C–C–N with tert-alkyl or cyclic N) is 1. The average Bonchev–Trinajstić information content (AvgIpc) is 3.05. The van der Waals surface area contributed by atoms with Crippen LogP contribution in [-0.4, -0.2) is 168 Å². The molecule has 19 nitrogen and oxygen atoms in total. The van der Waals surface area contributed by atoms with Gasteiger partial charge in [0.25, 0.3) is 0 Å². The van der Waals surface area contributed by atoms with Crippen LogP contribution >= 0.6 is 0 Å². The second kappa shape index (κ2) is 16.9. The molecule has 2 fully saturated rings. The van der Waals surface area contributed by atoms with Crippen molar-refractivity contribution in [3.05, 3.63) is 36.6 Å². The third-order valence-corrected chi connectivity index (χ3v) is 8.53. The van der Waals surface area contributed by atoms with Gasteiger partial charge in [0.15, 0.2) is 18.4 Å². The van der Waals surface area contributed by atoms with Crippen LogP contribution in [0.3, 0.4) is 0 Å². The molecule has 48 heavy (non-hydrogen) atoms. The van der Waals surface area contributed by atoms with Gasteiger partial charge in [0.1, 0.15) is 29.6 Å². The molecule has 0 aromatic carbocycles. The Kier molecular flexibility index (Phi) is 13.8. The van der Waals surface area contributed by atoms with Gasteiger partial charge in [0.05, 0.1) is 44.9 Å². The number of carbonyl (C=O) groups excluding carboxylic acids is 1. The summed E-state index contributed by atoms with van der Waals surface area (Å²) in [5.74, 6) is -8.23. The number of carboxylic acids is 1. The molecule has 3 unspecified atom stereocenters. The van der Waals surface area contributed by atoms with Crippen molar-refractivity contribution in [3.63, 3.8) is 0 Å². The fraction of sp³-hybridized carbons (Fsp3) is 0.690. The van der Waals surface area contributed by atoms with Gasteiger partial charge in [-0.15, -0.1) is 6.58 Å². The zero-order chi connectivity index (χ0) is 35.8. The van der Waals surface area contributed by atoms with E-state index in [1.165, 1.54) is 32.3 Å². The number of ether oxygens (including phenoxy) is 5. The number of aliphatic hydroxyl groups excluding tert-OH is 3. The topological polar surface area (TPSA) is 288 Å². The number of methoxy groups -OCH3 is 1. The second-order valence-electron chi connectivity index (χ2n) is 11.5. The maximum Gasteiger partial charge on any atom is 0.340 e. The van der Waals surface area contributed by atoms with Crippen LogP contribution in [0.15, 0.2) is 41.6 Å². The molecule has 0 spiro atoms. The number of aliphatic hydroxyl groups is 6. The molecule has 0 saturated carbocycles. The lowest BCUT2D eigenvalue weighted by Crippen LogP contribution is -2.69. The Labute approximate surface area is 276 Å². The number of nitrogens with one attached hydrogen (secondary N) is 2. The fourth-order valence-corrected chi connectivity index (χ4v) is 5.97. The summed E-state index contributed by atoms with van der Waals surface area (Å²) in [6.07, 6.45) is -3.82. The SMILES string of the molecule is C=C[C@H]1[C@@H](O[C@@H]2O[C@H](CO)[C@@H](O)C(O)(O)[C@@H]2OCNC)OC=C(C(=O)OC)[C@@]1(O)C=CC1CN(CCO)CC(C(=O)O)C1NC(N)=NC. The smallest absolute Gasteiger partial charge is 0.340 e. The maximum absolute atomic E-state index is 12.9. The lowest BCUT2D eigenvalue weighted by atomic mass is 9.76. The predicted molar refractivity (Wildman–Crippen MR) is 164 cm³/mol. The van der Waals surface area contributed by atoms with Gasteiger partial charge in [-0.2, -0.15) is 0 Å². The molecular formula is C29H47N5O14. The van der Waals surface area contributed by atoms with Crippen LogP contribution < -0.4 is 16.4 Å². The van der Waals surface area contributed by atoms with Gasteiger partial charge in [-0.1, -0.05) is 18.2 Å². The number of hydrogen-bond acceptors (Lipinski definition) is 16. The summed E-state index contributed by atoms with van der Waals surface area (Å²) in [4.78, 5) is 30.8. The Morgan fingerprint density at radius 2 is 1.96 bits per heavy atom. The fourth-order valence-electron chi connectivity index (χ4n) is 5.97. The number of esters is 1. The van der Waals surface area contributed by atoms with Gasteiger partial charge in [0, 0.05) is 32.6 Å². The monoisotopic (exact) mass is 689 g/mol. The van der Waals surface area contributed by atoms with Crippen molar-refractivity contribution >= 4 is 17.9 Å². The number of nitrogens with zero attached hydrogens (tertiary/aromatic N) is 2. The van der Waals surface area contributed by atoms with E-state index in [1.807, 2.05) is 0 Å². The van der Waals surface area contributed by atoms with E-state index < -0.39 is 90.2 Å². The van der Waals surface area contributed by atoms with Crippen LogP contribution in [0.4, 0.5) is 0 Å². The first-order chi connectivity index (χ1) is 22.7. The zero-order valence-electron chi connectivity index (χ0n) is 26.9. The summed E-state index contributed by atoms with van der Waals surface area (Å²) < 4.78 is 27.5. The number of nitrogens with two attached hydrogens (primary N) is 1. The molecule has 3 heterocycles. The van der Waals surface area contributed by atoms with Crippen molar-refractivity contribution in [1.29, 1.82) is 0 Å². The van der Waals surface area contributed by atoms with Gasteiger partial charge in [-0.3, -0.25) is 20.0 Å². The highest BCUT2D eigenvalue weighted by Gasteiger charge is 2.58. The molecule has 0 aromatic rings. The number of likely N-dealkylation sites (tertiary alicyclic amines) is 1. The standard InChI is InChI=1S/C29H47N5O14/c1-5-17-25(48-26-22(46-14-31-2)29(42,43)21(37)19(12-36)47-26)45-13-18(24(40)44-4)28(17,41)7-6-15-10-34(8-9-35)11-16(23(38)39)20(15)33-27(30)32-3/h5-7,13,15-17,19-22,25-26,31,35-37,41-43H,1,8-12,14H2,2-4H3,(H,38,39)(H3,30,32,33)/t15?,16?,17-,19+,20?,21+,22+,25+,26-,28+/m0/s1. The number of aliphatic imine (C=N–C) groups is 1. The highest BCUT2D eigenvalue weighted by atomic mass is 16.8. The van der Waals surface area contributed by atoms with E-state index in [0.29, 0.717) is 0 Å². The van der Waals surface area contributed by atoms with Crippen molar-refractivity contribution in [2.75, 3.05) is 60.8 Å². The lowest BCUT2D eigenvalue weighted by Gasteiger charge is -2.48. The van der Waals surface area contributed by atoms with E-state index in [2.05, 4.69) is 22.2 Å². The van der Waals surface area contributed by atoms with Gasteiger partial charge in [0.2, 0.25) is 12.1 Å². The Hall–Kier alpha value is -3.21. The Bertz CT molecular complexity index is 1220. The van der Waals surface area contributed by atoms with Gasteiger partial charge in [-0.05, 0) is 7.05 Å². The molecule has 19 heteroatoms. The van der Waals surface area contributed by atoms with E-state index in [1.54, 1.807) is 4.90 Å². The Morgan fingerprint density at radius 3 is 2.52 bits per heavy atom. The third kappa shape index (κ3) is 8.32. The number of aliphatic carboxylic acids is 1. The molecule has 0 aromatic heterocycles. The summed E-state index contributed by atoms with van der Waals surface area (Å²) in [6, 6.07) is -0.842. The Morgan fingerprint density at radius 1 is 1.25 bits per heavy atom. The Balaban J connectivity index is 2.06. The second-order valence-corrected chi connectivity index (χ2v) is 11.5. The quantitative estimate of drug-likeness (QED) is 0.0270. The largest absolute Gasteiger partial charge is 0.481 e. The highest BCUT2D eigenvalue weighted by Crippen LogP contribution is 2.41. The van der Waals surface area contributed by atoms with E-state index in [9.17, 15) is 45.3 Å². The summed E-state index contributed by atoms with van der Waals surface area (Å²) in [6.45, 7) is 2.87. The molecule has 10 atom stereocenters. The summed E-state index contributed by atoms with van der Waals surface area (Å²) in [5, 5.41) is 79.1. The first-order valence-electron chi connectivity index (χ1n) is 15.1. The number of carboxylic acid groups (broad SMARTS) is 1. The molecule has 11 N–H and O–H groups in total. The first kappa shape index (κ1) is 39.2. The molecule has 2 saturated heterocycles. The normalized spacial score (nSPS) is 35.8. The van der Waals surface area contributed by atoms with Crippen molar-refractivity contribution in [2.24, 2.45) is 28.5 Å². The molecule has 3 aliphatic heterocycles. The minimum atomic E-state index is -2.98. The molecule has 0 aliphatic carbocycles. The summed E-state index contributed by atoms with van der Waals surface area (Å²) >= 11 is 0. The van der Waals surface area contributed by atoms with E-state index >= 15 is 0 Å². The van der Waals surface area contributed by atoms with Crippen molar-refractivity contribution in [1.82, 2.24) is 15.5 Å². The van der Waals surface area contributed by atoms with Crippen molar-refractivity contribution < 1.29 is 69.0 Å². The molecule has 272 valence electrons. The first-order valence-corrected chi connectivity index (χ1v) is 15.1. The van der Waals surface area contributed by atoms with Crippen LogP contribution in [0, 0.1) is 17.8 Å². The predicted octanol–water partition coefficient (Wildman–Crippen LogP) is -4.65. The maximum atomic E-state index is 12.9. The third-order valence-electron chi connectivity index (χ3n) is 8.53. The molecule has 3 aliphatic rings. The molecule has 0 amide bonds. The minimum absolute atomic E-state index is 0.0321. The number of rotatable bonds is 14. The number of hydrogen-bond donors (Lipinski definition) is 10. The summed E-state index contributed by atoms with van der Waals surface area (Å²) in [7, 11) is 4.01. The van der Waals surface area contributed by atoms with Crippen LogP contribution in [0.2, 0.25) is 0 Å². The van der Waals surface area contributed by atoms with E-state index in [4.69, 9.17) is 29.4 Å². The average molecular weight is 690 g/mol. The number of guanidine groups is 1. The van der Waals surface area contributed by atoms with Crippen LogP contribution in [-0.2, 0) is 33.3 Å². The highest BCUT2D eigenvalue weighted by molar-refractivity contribution is 5.91. The number of carbonyl (C=O) groups is 2. The van der Waals surface area contributed by atoms with Gasteiger partial charge < -0.3 is 70.5 Å². The van der Waals surface area contributed by atoms with E-state index in [0.717, 1.165) is 13.4 Å². The van der Waals surface area contributed by atoms with Gasteiger partial charge >= 0.3 is 11.9 Å². The van der Waals surface area contributed by atoms with Crippen LogP contribution in [0.1, 0.15) is 0 Å². The van der Waals surface area contributed by atoms with Crippen LogP contribution in [0.25, 0.3) is 0 Å². The van der Waals surface area contributed by atoms with Crippen LogP contribution in [0.5, 0.6) is 0 Å².